The van der Waals surface area contributed by atoms with Gasteiger partial charge in [-0.3, -0.25) is 0 Å². The molecule has 0 aliphatic rings. The van der Waals surface area contributed by atoms with E-state index in [1.807, 2.05) is 26.8 Å². The van der Waals surface area contributed by atoms with Crippen LogP contribution in [-0.4, -0.2) is 33.6 Å². The molecule has 0 heterocycles. The molecular weight excluding hydrogens is 451 g/mol. The van der Waals surface area contributed by atoms with Gasteiger partial charge in [0, 0.05) is 0 Å². The predicted octanol–water partition coefficient (Wildman–Crippen LogP) is 5.22. The normalized spacial score (nSPS) is 11.7. The first-order valence-electron chi connectivity index (χ1n) is 10.7. The number of hydrogen-bond donors (Lipinski definition) is 0. The quantitative estimate of drug-likeness (QED) is 0.311. The van der Waals surface area contributed by atoms with Crippen LogP contribution < -0.4 is 9.20 Å². The Morgan fingerprint density at radius 3 is 2.13 bits per heavy atom. The summed E-state index contributed by atoms with van der Waals surface area (Å²) in [5, 5.41) is 1.04. The average Bonchev–Trinajstić information content (AvgIpc) is 2.78. The number of rotatable bonds is 9. The van der Waals surface area contributed by atoms with E-state index in [1.54, 1.807) is 0 Å². The molecule has 0 amide bonds. The molecule has 0 saturated carbocycles. The second-order valence-electron chi connectivity index (χ2n) is 7.55. The van der Waals surface area contributed by atoms with E-state index in [0.29, 0.717) is 28.0 Å². The zero-order chi connectivity index (χ0) is 22.2. The van der Waals surface area contributed by atoms with Crippen LogP contribution in [0.25, 0.3) is 11.1 Å². The third-order valence-electron chi connectivity index (χ3n) is 5.08. The second-order valence-corrected chi connectivity index (χ2v) is 9.75. The number of esters is 1. The molecule has 0 aromatic heterocycles. The van der Waals surface area contributed by atoms with E-state index in [-0.39, 0.29) is 5.97 Å². The Labute approximate surface area is 191 Å². The zero-order valence-corrected chi connectivity index (χ0v) is 20.4. The van der Waals surface area contributed by atoms with Crippen LogP contribution in [0.2, 0.25) is 0 Å². The van der Waals surface area contributed by atoms with Gasteiger partial charge in [0.15, 0.2) is 0 Å². The van der Waals surface area contributed by atoms with Crippen LogP contribution in [0, 0.1) is 13.8 Å². The molecule has 0 radical (unpaired) electrons. The van der Waals surface area contributed by atoms with E-state index < -0.39 is 6.10 Å². The number of carbonyl (C=O) groups excluding carboxylic acids is 1. The summed E-state index contributed by atoms with van der Waals surface area (Å²) in [7, 11) is 0. The van der Waals surface area contributed by atoms with E-state index in [1.165, 1.54) is 26.7 Å². The zero-order valence-electron chi connectivity index (χ0n) is 18.7. The van der Waals surface area contributed by atoms with Crippen LogP contribution in [-0.2, 0) is 14.9 Å². The van der Waals surface area contributed by atoms with Gasteiger partial charge in [-0.25, -0.2) is 0 Å². The van der Waals surface area contributed by atoms with Gasteiger partial charge in [0.25, 0.3) is 0 Å². The van der Waals surface area contributed by atoms with Gasteiger partial charge in [0.2, 0.25) is 0 Å². The van der Waals surface area contributed by atoms with Crippen molar-refractivity contribution in [1.29, 1.82) is 0 Å². The van der Waals surface area contributed by atoms with Crippen LogP contribution in [0.1, 0.15) is 37.0 Å². The van der Waals surface area contributed by atoms with Gasteiger partial charge in [-0.15, -0.1) is 0 Å². The fourth-order valence-corrected chi connectivity index (χ4v) is 5.23. The fraction of sp³-hybridized carbons (Fsp3) is 0.296. The Kier molecular flexibility index (Phi) is 8.34. The minimum atomic E-state index is -0.554. The van der Waals surface area contributed by atoms with Crippen molar-refractivity contribution in [3.05, 3.63) is 83.4 Å². The molecule has 0 N–H and O–H groups in total. The molecule has 3 aromatic rings. The molecule has 0 aliphatic heterocycles. The minimum absolute atomic E-state index is 0.299. The summed E-state index contributed by atoms with van der Waals surface area (Å²) in [6.07, 6.45) is 0.0322. The Morgan fingerprint density at radius 1 is 0.903 bits per heavy atom. The third kappa shape index (κ3) is 6.46. The molecule has 3 rings (SSSR count). The Balaban J connectivity index is 1.60. The summed E-state index contributed by atoms with van der Waals surface area (Å²) in [6, 6.07) is 23.8. The van der Waals surface area contributed by atoms with Crippen molar-refractivity contribution >= 4 is 25.4 Å². The molecule has 1 unspecified atom stereocenters. The molecule has 0 aliphatic carbocycles. The van der Waals surface area contributed by atoms with Gasteiger partial charge in [-0.05, 0) is 0 Å². The molecular formula is C27H30O3Se. The standard InChI is InChI=1S/C27H30O3Se/c1-5-25(27(28)29-6-2)30-26-16-15-24(17-20(26)4)31-18-21-9-13-23(14-10-21)22-11-7-19(3)8-12-22/h7-17,25H,5-6,18H2,1-4H3. The van der Waals surface area contributed by atoms with Gasteiger partial charge in [-0.2, -0.15) is 0 Å². The van der Waals surface area contributed by atoms with E-state index in [9.17, 15) is 4.79 Å². The van der Waals surface area contributed by atoms with E-state index in [0.717, 1.165) is 16.6 Å². The summed E-state index contributed by atoms with van der Waals surface area (Å²) in [6.45, 7) is 8.24. The summed E-state index contributed by atoms with van der Waals surface area (Å²) in [5.74, 6) is 0.452. The predicted molar refractivity (Wildman–Crippen MR) is 128 cm³/mol. The van der Waals surface area contributed by atoms with Crippen molar-refractivity contribution in [2.24, 2.45) is 0 Å². The van der Waals surface area contributed by atoms with Gasteiger partial charge in [0.05, 0.1) is 0 Å². The maximum atomic E-state index is 12.0. The first kappa shape index (κ1) is 23.1. The van der Waals surface area contributed by atoms with Crippen LogP contribution in [0.15, 0.2) is 66.7 Å². The van der Waals surface area contributed by atoms with E-state index in [4.69, 9.17) is 9.47 Å². The molecule has 0 fully saturated rings. The number of carbonyl (C=O) groups is 1. The molecule has 4 heteroatoms. The van der Waals surface area contributed by atoms with Gasteiger partial charge < -0.3 is 0 Å². The Bertz CT molecular complexity index is 994. The molecule has 162 valence electrons. The molecule has 0 bridgehead atoms. The monoisotopic (exact) mass is 482 g/mol. The number of ether oxygens (including phenoxy) is 2. The number of hydrogen-bond acceptors (Lipinski definition) is 3. The first-order valence-corrected chi connectivity index (χ1v) is 12.8. The number of benzene rings is 3. The second kappa shape index (κ2) is 11.2. The molecule has 0 saturated heterocycles. The van der Waals surface area contributed by atoms with Crippen LogP contribution in [0.5, 0.6) is 5.75 Å². The van der Waals surface area contributed by atoms with E-state index >= 15 is 0 Å². The summed E-state index contributed by atoms with van der Waals surface area (Å²) < 4.78 is 12.3. The molecule has 0 spiro atoms. The Morgan fingerprint density at radius 2 is 1.55 bits per heavy atom. The SMILES string of the molecule is CCOC(=O)C(CC)Oc1ccc([Se]Cc2ccc(-c3ccc(C)cc3)cc2)cc1C. The summed E-state index contributed by atoms with van der Waals surface area (Å²) >= 11 is 0.333. The van der Waals surface area contributed by atoms with Crippen molar-refractivity contribution in [2.45, 2.75) is 45.5 Å². The summed E-state index contributed by atoms with van der Waals surface area (Å²) in [4.78, 5) is 12.0. The molecule has 31 heavy (non-hydrogen) atoms. The molecule has 3 aromatic carbocycles. The topological polar surface area (TPSA) is 35.5 Å². The van der Waals surface area contributed by atoms with Gasteiger partial charge >= 0.3 is 192 Å². The van der Waals surface area contributed by atoms with Gasteiger partial charge in [0.1, 0.15) is 0 Å². The average molecular weight is 481 g/mol. The Hall–Kier alpha value is -2.55. The summed E-state index contributed by atoms with van der Waals surface area (Å²) in [5.41, 5.74) is 6.18. The van der Waals surface area contributed by atoms with Crippen LogP contribution in [0.4, 0.5) is 0 Å². The van der Waals surface area contributed by atoms with Crippen molar-refractivity contribution in [2.75, 3.05) is 6.61 Å². The fourth-order valence-electron chi connectivity index (χ4n) is 3.24. The number of aryl methyl sites for hydroxylation is 2. The van der Waals surface area contributed by atoms with Crippen molar-refractivity contribution in [1.82, 2.24) is 0 Å². The van der Waals surface area contributed by atoms with E-state index in [2.05, 4.69) is 67.6 Å². The molecule has 1 atom stereocenters. The van der Waals surface area contributed by atoms with Crippen LogP contribution in [0.3, 0.4) is 0 Å². The van der Waals surface area contributed by atoms with Crippen molar-refractivity contribution < 1.29 is 14.3 Å². The third-order valence-corrected chi connectivity index (χ3v) is 7.31. The van der Waals surface area contributed by atoms with Gasteiger partial charge in [-0.1, -0.05) is 0 Å². The maximum absolute atomic E-state index is 12.0. The van der Waals surface area contributed by atoms with Crippen molar-refractivity contribution in [3.8, 4) is 16.9 Å². The van der Waals surface area contributed by atoms with Crippen LogP contribution >= 0.6 is 0 Å². The van der Waals surface area contributed by atoms with Crippen molar-refractivity contribution in [3.63, 3.8) is 0 Å². The molecule has 3 nitrogen and oxygen atoms in total. The first-order chi connectivity index (χ1) is 15.0.